The van der Waals surface area contributed by atoms with Gasteiger partial charge in [0.2, 0.25) is 0 Å². The molecule has 1 aliphatic rings. The molecule has 3 unspecified atom stereocenters. The Morgan fingerprint density at radius 3 is 1.67 bits per heavy atom. The first-order valence-corrected chi connectivity index (χ1v) is 12.9. The maximum Gasteiger partial charge on any atom is 0.186 e. The normalized spacial score (nSPS) is 25.5. The summed E-state index contributed by atoms with van der Waals surface area (Å²) in [7, 11) is 0. The van der Waals surface area contributed by atoms with Crippen molar-refractivity contribution in [2.24, 2.45) is 5.92 Å². The third-order valence-electron chi connectivity index (χ3n) is 6.38. The molecule has 0 bridgehead atoms. The quantitative estimate of drug-likeness (QED) is 0.241. The Labute approximate surface area is 185 Å². The molecule has 1 aliphatic heterocycles. The average Bonchev–Trinajstić information content (AvgIpc) is 2.75. The van der Waals surface area contributed by atoms with Gasteiger partial charge in [0.1, 0.15) is 18.3 Å². The van der Waals surface area contributed by atoms with Crippen LogP contribution in [-0.2, 0) is 9.47 Å². The molecule has 0 amide bonds. The Hall–Kier alpha value is -0.200. The van der Waals surface area contributed by atoms with Gasteiger partial charge in [-0.2, -0.15) is 0 Å². The van der Waals surface area contributed by atoms with E-state index in [9.17, 15) is 15.3 Å². The molecular formula is C25H50O5. The fourth-order valence-electron chi connectivity index (χ4n) is 4.25. The molecule has 1 saturated heterocycles. The van der Waals surface area contributed by atoms with E-state index in [0.29, 0.717) is 12.5 Å². The minimum atomic E-state index is -1.20. The SMILES string of the molecule is CCCCCCCCCCC(CCCCCCCC)COC1OC[C@H](O)[C@H](O)C1O. The molecule has 0 aromatic carbocycles. The van der Waals surface area contributed by atoms with E-state index >= 15 is 0 Å². The Balaban J connectivity index is 2.29. The molecular weight excluding hydrogens is 380 g/mol. The number of hydrogen-bond donors (Lipinski definition) is 3. The van der Waals surface area contributed by atoms with Crippen LogP contribution >= 0.6 is 0 Å². The average molecular weight is 431 g/mol. The second-order valence-corrected chi connectivity index (χ2v) is 9.27. The molecule has 0 aromatic heterocycles. The van der Waals surface area contributed by atoms with Crippen LogP contribution in [0, 0.1) is 5.92 Å². The Morgan fingerprint density at radius 2 is 1.17 bits per heavy atom. The highest BCUT2D eigenvalue weighted by atomic mass is 16.7. The molecule has 30 heavy (non-hydrogen) atoms. The topological polar surface area (TPSA) is 79.2 Å². The van der Waals surface area contributed by atoms with Gasteiger partial charge < -0.3 is 24.8 Å². The number of aliphatic hydroxyl groups is 3. The lowest BCUT2D eigenvalue weighted by molar-refractivity contribution is -0.272. The molecule has 5 atom stereocenters. The predicted molar refractivity (Wildman–Crippen MR) is 122 cm³/mol. The largest absolute Gasteiger partial charge is 0.388 e. The minimum absolute atomic E-state index is 0.00300. The summed E-state index contributed by atoms with van der Waals surface area (Å²) in [5, 5.41) is 29.5. The van der Waals surface area contributed by atoms with Gasteiger partial charge in [0.05, 0.1) is 13.2 Å². The zero-order valence-corrected chi connectivity index (χ0v) is 19.8. The van der Waals surface area contributed by atoms with E-state index in [-0.39, 0.29) is 6.61 Å². The summed E-state index contributed by atoms with van der Waals surface area (Å²) in [5.41, 5.74) is 0. The van der Waals surface area contributed by atoms with Gasteiger partial charge in [0.25, 0.3) is 0 Å². The van der Waals surface area contributed by atoms with Crippen molar-refractivity contribution >= 4 is 0 Å². The van der Waals surface area contributed by atoms with Gasteiger partial charge in [-0.1, -0.05) is 104 Å². The van der Waals surface area contributed by atoms with Gasteiger partial charge in [-0.15, -0.1) is 0 Å². The number of rotatable bonds is 19. The number of aliphatic hydroxyl groups excluding tert-OH is 3. The van der Waals surface area contributed by atoms with Crippen molar-refractivity contribution in [3.05, 3.63) is 0 Å². The Kier molecular flexibility index (Phi) is 17.1. The van der Waals surface area contributed by atoms with Crippen LogP contribution in [0.2, 0.25) is 0 Å². The molecule has 1 heterocycles. The molecule has 180 valence electrons. The molecule has 3 N–H and O–H groups in total. The zero-order chi connectivity index (χ0) is 22.0. The lowest BCUT2D eigenvalue weighted by atomic mass is 9.94. The van der Waals surface area contributed by atoms with Crippen LogP contribution in [0.1, 0.15) is 117 Å². The van der Waals surface area contributed by atoms with Gasteiger partial charge in [-0.3, -0.25) is 0 Å². The van der Waals surface area contributed by atoms with Crippen LogP contribution in [0.4, 0.5) is 0 Å². The van der Waals surface area contributed by atoms with E-state index in [1.165, 1.54) is 89.9 Å². The van der Waals surface area contributed by atoms with Crippen molar-refractivity contribution in [2.45, 2.75) is 141 Å². The van der Waals surface area contributed by atoms with E-state index < -0.39 is 24.6 Å². The fourth-order valence-corrected chi connectivity index (χ4v) is 4.25. The van der Waals surface area contributed by atoms with Crippen molar-refractivity contribution in [3.8, 4) is 0 Å². The molecule has 5 nitrogen and oxygen atoms in total. The van der Waals surface area contributed by atoms with Gasteiger partial charge in [-0.05, 0) is 18.8 Å². The van der Waals surface area contributed by atoms with Crippen LogP contribution in [0.5, 0.6) is 0 Å². The smallest absolute Gasteiger partial charge is 0.186 e. The summed E-state index contributed by atoms with van der Waals surface area (Å²) in [6.07, 6.45) is 16.4. The highest BCUT2D eigenvalue weighted by Crippen LogP contribution is 2.23. The zero-order valence-electron chi connectivity index (χ0n) is 19.8. The summed E-state index contributed by atoms with van der Waals surface area (Å²) in [4.78, 5) is 0. The Morgan fingerprint density at radius 1 is 0.700 bits per heavy atom. The first kappa shape index (κ1) is 27.8. The molecule has 0 radical (unpaired) electrons. The predicted octanol–water partition coefficient (Wildman–Crippen LogP) is 5.34. The lowest BCUT2D eigenvalue weighted by Gasteiger charge is -2.35. The molecule has 0 aliphatic carbocycles. The molecule has 1 fully saturated rings. The fraction of sp³-hybridized carbons (Fsp3) is 1.00. The van der Waals surface area contributed by atoms with E-state index in [4.69, 9.17) is 9.47 Å². The molecule has 5 heteroatoms. The van der Waals surface area contributed by atoms with Crippen LogP contribution in [0.15, 0.2) is 0 Å². The van der Waals surface area contributed by atoms with E-state index in [2.05, 4.69) is 13.8 Å². The van der Waals surface area contributed by atoms with Crippen molar-refractivity contribution in [3.63, 3.8) is 0 Å². The van der Waals surface area contributed by atoms with Crippen molar-refractivity contribution in [1.29, 1.82) is 0 Å². The van der Waals surface area contributed by atoms with Crippen LogP contribution < -0.4 is 0 Å². The summed E-state index contributed by atoms with van der Waals surface area (Å²) >= 11 is 0. The standard InChI is InChI=1S/C25H50O5/c1-3-5-7-9-11-12-14-16-18-21(17-15-13-10-8-6-4-2)19-29-25-24(28)23(27)22(26)20-30-25/h21-28H,3-20H2,1-2H3/t21?,22-,23-,24?,25?/m0/s1. The van der Waals surface area contributed by atoms with Gasteiger partial charge in [0.15, 0.2) is 6.29 Å². The first-order chi connectivity index (χ1) is 14.6. The summed E-state index contributed by atoms with van der Waals surface area (Å²) in [6.45, 7) is 5.06. The summed E-state index contributed by atoms with van der Waals surface area (Å²) < 4.78 is 11.3. The molecule has 0 aromatic rings. The third kappa shape index (κ3) is 12.6. The monoisotopic (exact) mass is 430 g/mol. The third-order valence-corrected chi connectivity index (χ3v) is 6.38. The highest BCUT2D eigenvalue weighted by molar-refractivity contribution is 4.82. The second kappa shape index (κ2) is 18.4. The summed E-state index contributed by atoms with van der Waals surface area (Å²) in [5.74, 6) is 0.469. The van der Waals surface area contributed by atoms with E-state index in [0.717, 1.165) is 12.8 Å². The number of unbranched alkanes of at least 4 members (excludes halogenated alkanes) is 12. The van der Waals surface area contributed by atoms with Crippen LogP contribution in [0.25, 0.3) is 0 Å². The van der Waals surface area contributed by atoms with Crippen LogP contribution in [0.3, 0.4) is 0 Å². The van der Waals surface area contributed by atoms with Crippen molar-refractivity contribution in [1.82, 2.24) is 0 Å². The molecule has 0 saturated carbocycles. The minimum Gasteiger partial charge on any atom is -0.388 e. The maximum absolute atomic E-state index is 10.1. The molecule has 0 spiro atoms. The molecule has 1 rings (SSSR count). The first-order valence-electron chi connectivity index (χ1n) is 12.9. The van der Waals surface area contributed by atoms with Gasteiger partial charge >= 0.3 is 0 Å². The van der Waals surface area contributed by atoms with Crippen molar-refractivity contribution in [2.75, 3.05) is 13.2 Å². The van der Waals surface area contributed by atoms with E-state index in [1.807, 2.05) is 0 Å². The highest BCUT2D eigenvalue weighted by Gasteiger charge is 2.38. The lowest BCUT2D eigenvalue weighted by Crippen LogP contribution is -2.53. The van der Waals surface area contributed by atoms with Crippen LogP contribution in [-0.4, -0.2) is 53.1 Å². The van der Waals surface area contributed by atoms with Crippen molar-refractivity contribution < 1.29 is 24.8 Å². The number of ether oxygens (including phenoxy) is 2. The second-order valence-electron chi connectivity index (χ2n) is 9.27. The van der Waals surface area contributed by atoms with E-state index in [1.54, 1.807) is 0 Å². The van der Waals surface area contributed by atoms with Gasteiger partial charge in [0, 0.05) is 0 Å². The summed E-state index contributed by atoms with van der Waals surface area (Å²) in [6, 6.07) is 0. The number of hydrogen-bond acceptors (Lipinski definition) is 5. The Bertz CT molecular complexity index is 379. The van der Waals surface area contributed by atoms with Gasteiger partial charge in [-0.25, -0.2) is 0 Å². The maximum atomic E-state index is 10.1.